The van der Waals surface area contributed by atoms with Crippen molar-refractivity contribution in [3.63, 3.8) is 0 Å². The molecule has 1 atom stereocenters. The highest BCUT2D eigenvalue weighted by Crippen LogP contribution is 2.29. The third-order valence-corrected chi connectivity index (χ3v) is 4.83. The average molecular weight is 313 g/mol. The number of aromatic nitrogens is 1. The van der Waals surface area contributed by atoms with Gasteiger partial charge in [0.2, 0.25) is 0 Å². The fourth-order valence-electron chi connectivity index (χ4n) is 2.37. The summed E-state index contributed by atoms with van der Waals surface area (Å²) >= 11 is 1.76. The second-order valence-corrected chi connectivity index (χ2v) is 7.01. The van der Waals surface area contributed by atoms with Crippen molar-refractivity contribution in [1.82, 2.24) is 10.3 Å². The van der Waals surface area contributed by atoms with Gasteiger partial charge in [-0.1, -0.05) is 13.8 Å². The van der Waals surface area contributed by atoms with Gasteiger partial charge in [0.25, 0.3) is 0 Å². The topological polar surface area (TPSA) is 46.6 Å². The summed E-state index contributed by atoms with van der Waals surface area (Å²) in [4.78, 5) is 8.30. The minimum atomic E-state index is 0.447. The van der Waals surface area contributed by atoms with Crippen LogP contribution < -0.4 is 10.2 Å². The standard InChI is InChI=1S/C15H27N3O2S/c1-11(2)7-16-8-14-13(10-19-4)17-15(21-14)18(3)12-5-6-20-9-12/h11-12,16H,5-10H2,1-4H3. The Hall–Kier alpha value is -0.690. The summed E-state index contributed by atoms with van der Waals surface area (Å²) in [7, 11) is 3.83. The van der Waals surface area contributed by atoms with Crippen LogP contribution in [-0.2, 0) is 22.6 Å². The van der Waals surface area contributed by atoms with Crippen LogP contribution in [0.2, 0.25) is 0 Å². The van der Waals surface area contributed by atoms with E-state index in [1.807, 2.05) is 0 Å². The second kappa shape index (κ2) is 8.08. The minimum Gasteiger partial charge on any atom is -0.379 e. The van der Waals surface area contributed by atoms with E-state index in [0.717, 1.165) is 43.5 Å². The summed E-state index contributed by atoms with van der Waals surface area (Å²) in [5.41, 5.74) is 1.06. The minimum absolute atomic E-state index is 0.447. The fourth-order valence-corrected chi connectivity index (χ4v) is 3.43. The quantitative estimate of drug-likeness (QED) is 0.798. The monoisotopic (exact) mass is 313 g/mol. The van der Waals surface area contributed by atoms with Gasteiger partial charge < -0.3 is 19.7 Å². The zero-order valence-corrected chi connectivity index (χ0v) is 14.3. The highest BCUT2D eigenvalue weighted by atomic mass is 32.1. The summed E-state index contributed by atoms with van der Waals surface area (Å²) in [6.07, 6.45) is 1.08. The first-order valence-corrected chi connectivity index (χ1v) is 8.42. The lowest BCUT2D eigenvalue weighted by molar-refractivity contribution is 0.181. The SMILES string of the molecule is COCc1nc(N(C)C2CCOC2)sc1CNCC(C)C. The van der Waals surface area contributed by atoms with Gasteiger partial charge in [-0.05, 0) is 18.9 Å². The van der Waals surface area contributed by atoms with Crippen LogP contribution in [0.3, 0.4) is 0 Å². The van der Waals surface area contributed by atoms with Crippen LogP contribution in [0.25, 0.3) is 0 Å². The van der Waals surface area contributed by atoms with E-state index in [1.54, 1.807) is 18.4 Å². The van der Waals surface area contributed by atoms with E-state index in [4.69, 9.17) is 14.5 Å². The molecular weight excluding hydrogens is 286 g/mol. The van der Waals surface area contributed by atoms with Gasteiger partial charge in [-0.25, -0.2) is 4.98 Å². The van der Waals surface area contributed by atoms with Crippen molar-refractivity contribution in [1.29, 1.82) is 0 Å². The average Bonchev–Trinajstić information content (AvgIpc) is 3.08. The molecule has 0 amide bonds. The molecule has 2 rings (SSSR count). The number of likely N-dealkylation sites (N-methyl/N-ethyl adjacent to an activating group) is 1. The smallest absolute Gasteiger partial charge is 0.185 e. The van der Waals surface area contributed by atoms with Crippen molar-refractivity contribution in [2.24, 2.45) is 5.92 Å². The van der Waals surface area contributed by atoms with Crippen LogP contribution in [-0.4, -0.2) is 44.9 Å². The molecule has 2 heterocycles. The summed E-state index contributed by atoms with van der Waals surface area (Å²) in [5, 5.41) is 4.56. The molecule has 0 radical (unpaired) electrons. The van der Waals surface area contributed by atoms with Crippen molar-refractivity contribution >= 4 is 16.5 Å². The Bertz CT molecular complexity index is 431. The van der Waals surface area contributed by atoms with Crippen molar-refractivity contribution in [3.05, 3.63) is 10.6 Å². The van der Waals surface area contributed by atoms with Gasteiger partial charge in [-0.15, -0.1) is 11.3 Å². The summed E-state index contributed by atoms with van der Waals surface area (Å²) in [6.45, 7) is 8.55. The van der Waals surface area contributed by atoms with Gasteiger partial charge >= 0.3 is 0 Å². The van der Waals surface area contributed by atoms with Gasteiger partial charge in [0, 0.05) is 32.2 Å². The van der Waals surface area contributed by atoms with Crippen LogP contribution >= 0.6 is 11.3 Å². The van der Waals surface area contributed by atoms with Crippen LogP contribution in [0.15, 0.2) is 0 Å². The molecule has 21 heavy (non-hydrogen) atoms. The zero-order valence-electron chi connectivity index (χ0n) is 13.5. The molecule has 1 saturated heterocycles. The van der Waals surface area contributed by atoms with E-state index in [0.29, 0.717) is 18.6 Å². The van der Waals surface area contributed by atoms with Gasteiger partial charge in [0.15, 0.2) is 5.13 Å². The molecule has 1 N–H and O–H groups in total. The van der Waals surface area contributed by atoms with Crippen molar-refractivity contribution in [2.45, 2.75) is 39.5 Å². The number of thiazole rings is 1. The van der Waals surface area contributed by atoms with E-state index in [2.05, 4.69) is 31.1 Å². The largest absolute Gasteiger partial charge is 0.379 e. The number of methoxy groups -OCH3 is 1. The lowest BCUT2D eigenvalue weighted by Gasteiger charge is -2.21. The molecule has 1 aromatic rings. The number of hydrogen-bond donors (Lipinski definition) is 1. The molecule has 0 spiro atoms. The molecule has 1 aromatic heterocycles. The predicted octanol–water partition coefficient (Wildman–Crippen LogP) is 2.26. The first-order valence-electron chi connectivity index (χ1n) is 7.60. The number of ether oxygens (including phenoxy) is 2. The Balaban J connectivity index is 2.04. The van der Waals surface area contributed by atoms with E-state index in [-0.39, 0.29) is 0 Å². The van der Waals surface area contributed by atoms with E-state index >= 15 is 0 Å². The van der Waals surface area contributed by atoms with Crippen molar-refractivity contribution in [3.8, 4) is 0 Å². The van der Waals surface area contributed by atoms with Gasteiger partial charge in [0.05, 0.1) is 24.9 Å². The van der Waals surface area contributed by atoms with Crippen LogP contribution in [0.5, 0.6) is 0 Å². The highest BCUT2D eigenvalue weighted by molar-refractivity contribution is 7.15. The Kier molecular flexibility index (Phi) is 6.41. The molecule has 1 fully saturated rings. The first kappa shape index (κ1) is 16.7. The lowest BCUT2D eigenvalue weighted by atomic mass is 10.2. The second-order valence-electron chi connectivity index (χ2n) is 5.95. The van der Waals surface area contributed by atoms with Gasteiger partial charge in [-0.2, -0.15) is 0 Å². The van der Waals surface area contributed by atoms with Crippen LogP contribution in [0.1, 0.15) is 30.8 Å². The number of hydrogen-bond acceptors (Lipinski definition) is 6. The first-order chi connectivity index (χ1) is 10.1. The Morgan fingerprint density at radius 1 is 1.52 bits per heavy atom. The predicted molar refractivity (Wildman–Crippen MR) is 87.0 cm³/mol. The molecule has 0 aliphatic carbocycles. The summed E-state index contributed by atoms with van der Waals surface area (Å²) in [5.74, 6) is 0.654. The molecule has 120 valence electrons. The van der Waals surface area contributed by atoms with Crippen molar-refractivity contribution < 1.29 is 9.47 Å². The zero-order chi connectivity index (χ0) is 15.2. The number of anilines is 1. The third-order valence-electron chi connectivity index (χ3n) is 3.64. The Morgan fingerprint density at radius 3 is 2.95 bits per heavy atom. The molecule has 0 bridgehead atoms. The third kappa shape index (κ3) is 4.64. The number of nitrogens with one attached hydrogen (secondary N) is 1. The van der Waals surface area contributed by atoms with E-state index in [9.17, 15) is 0 Å². The molecule has 1 unspecified atom stereocenters. The summed E-state index contributed by atoms with van der Waals surface area (Å²) in [6, 6.07) is 0.447. The van der Waals surface area contributed by atoms with Crippen LogP contribution in [0.4, 0.5) is 5.13 Å². The Morgan fingerprint density at radius 2 is 2.33 bits per heavy atom. The molecule has 0 aromatic carbocycles. The molecule has 6 heteroatoms. The van der Waals surface area contributed by atoms with E-state index in [1.165, 1.54) is 4.88 Å². The fraction of sp³-hybridized carbons (Fsp3) is 0.800. The van der Waals surface area contributed by atoms with Crippen LogP contribution in [0, 0.1) is 5.92 Å². The van der Waals surface area contributed by atoms with Gasteiger partial charge in [0.1, 0.15) is 0 Å². The number of rotatable bonds is 8. The molecule has 1 aliphatic rings. The highest BCUT2D eigenvalue weighted by Gasteiger charge is 2.23. The maximum Gasteiger partial charge on any atom is 0.185 e. The molecular formula is C15H27N3O2S. The normalized spacial score (nSPS) is 18.6. The summed E-state index contributed by atoms with van der Waals surface area (Å²) < 4.78 is 10.8. The van der Waals surface area contributed by atoms with E-state index < -0.39 is 0 Å². The lowest BCUT2D eigenvalue weighted by Crippen LogP contribution is -2.31. The Labute approximate surface area is 131 Å². The van der Waals surface area contributed by atoms with Gasteiger partial charge in [-0.3, -0.25) is 0 Å². The molecule has 0 saturated carbocycles. The maximum absolute atomic E-state index is 5.47. The molecule has 1 aliphatic heterocycles. The van der Waals surface area contributed by atoms with Crippen molar-refractivity contribution in [2.75, 3.05) is 38.8 Å². The molecule has 5 nitrogen and oxygen atoms in total. The maximum atomic E-state index is 5.47. The number of nitrogens with zero attached hydrogens (tertiary/aromatic N) is 2.